The summed E-state index contributed by atoms with van der Waals surface area (Å²) < 4.78 is 0. The third kappa shape index (κ3) is 1.59. The van der Waals surface area contributed by atoms with Gasteiger partial charge in [-0.15, -0.1) is 0 Å². The van der Waals surface area contributed by atoms with E-state index >= 15 is 0 Å². The van der Waals surface area contributed by atoms with Gasteiger partial charge < -0.3 is 5.73 Å². The Balaban J connectivity index is 1.87. The molecule has 0 aromatic carbocycles. The van der Waals surface area contributed by atoms with Gasteiger partial charge in [0.2, 0.25) is 0 Å². The van der Waals surface area contributed by atoms with Crippen LogP contribution in [0.2, 0.25) is 0 Å². The maximum Gasteiger partial charge on any atom is 0.0153 e. The summed E-state index contributed by atoms with van der Waals surface area (Å²) >= 11 is 0. The molecule has 14 heavy (non-hydrogen) atoms. The van der Waals surface area contributed by atoms with Crippen LogP contribution < -0.4 is 5.73 Å². The van der Waals surface area contributed by atoms with Crippen LogP contribution in [0.15, 0.2) is 0 Å². The molecule has 2 unspecified atom stereocenters. The monoisotopic (exact) mass is 196 g/mol. The van der Waals surface area contributed by atoms with Gasteiger partial charge in [-0.2, -0.15) is 0 Å². The summed E-state index contributed by atoms with van der Waals surface area (Å²) in [6, 6.07) is 0. The van der Waals surface area contributed by atoms with Crippen LogP contribution in [0.3, 0.4) is 0 Å². The lowest BCUT2D eigenvalue weighted by molar-refractivity contribution is 0.120. The van der Waals surface area contributed by atoms with Crippen LogP contribution in [0.1, 0.15) is 33.6 Å². The molecule has 2 fully saturated rings. The summed E-state index contributed by atoms with van der Waals surface area (Å²) in [4.78, 5) is 2.68. The van der Waals surface area contributed by atoms with E-state index in [9.17, 15) is 0 Å². The molecular formula is C12H24N2. The maximum absolute atomic E-state index is 5.72. The predicted molar refractivity (Wildman–Crippen MR) is 60.1 cm³/mol. The zero-order valence-corrected chi connectivity index (χ0v) is 9.79. The molecule has 1 aliphatic heterocycles. The van der Waals surface area contributed by atoms with Crippen LogP contribution in [0.4, 0.5) is 0 Å². The lowest BCUT2D eigenvalue weighted by Gasteiger charge is -2.37. The van der Waals surface area contributed by atoms with Gasteiger partial charge >= 0.3 is 0 Å². The summed E-state index contributed by atoms with van der Waals surface area (Å²) in [7, 11) is 0. The zero-order valence-electron chi connectivity index (χ0n) is 9.79. The largest absolute Gasteiger partial charge is 0.330 e. The van der Waals surface area contributed by atoms with Crippen molar-refractivity contribution in [3.05, 3.63) is 0 Å². The number of nitrogens with two attached hydrogens (primary N) is 1. The smallest absolute Gasteiger partial charge is 0.0153 e. The highest BCUT2D eigenvalue weighted by Gasteiger charge is 2.56. The highest BCUT2D eigenvalue weighted by molar-refractivity contribution is 5.07. The van der Waals surface area contributed by atoms with Crippen LogP contribution in [0, 0.1) is 17.8 Å². The lowest BCUT2D eigenvalue weighted by Crippen LogP contribution is -2.44. The molecule has 0 radical (unpaired) electrons. The van der Waals surface area contributed by atoms with Crippen LogP contribution in [-0.4, -0.2) is 30.1 Å². The van der Waals surface area contributed by atoms with Gasteiger partial charge in [-0.05, 0) is 44.6 Å². The number of hydrogen-bond acceptors (Lipinski definition) is 2. The molecule has 2 atom stereocenters. The van der Waals surface area contributed by atoms with Gasteiger partial charge in [-0.3, -0.25) is 4.90 Å². The molecule has 0 amide bonds. The van der Waals surface area contributed by atoms with Crippen LogP contribution in [-0.2, 0) is 0 Å². The summed E-state index contributed by atoms with van der Waals surface area (Å²) in [6.45, 7) is 10.6. The van der Waals surface area contributed by atoms with Crippen molar-refractivity contribution in [2.24, 2.45) is 23.5 Å². The molecule has 1 saturated heterocycles. The number of piperidine rings is 1. The van der Waals surface area contributed by atoms with Gasteiger partial charge in [0.25, 0.3) is 0 Å². The van der Waals surface area contributed by atoms with Gasteiger partial charge in [-0.1, -0.05) is 13.3 Å². The van der Waals surface area contributed by atoms with Crippen molar-refractivity contribution in [1.82, 2.24) is 4.90 Å². The molecular weight excluding hydrogens is 172 g/mol. The molecule has 0 aromatic heterocycles. The highest BCUT2D eigenvalue weighted by atomic mass is 15.2. The second-order valence-electron chi connectivity index (χ2n) is 5.69. The topological polar surface area (TPSA) is 29.3 Å². The third-order valence-electron chi connectivity index (χ3n) is 4.36. The van der Waals surface area contributed by atoms with Crippen molar-refractivity contribution in [3.8, 4) is 0 Å². The minimum absolute atomic E-state index is 0.418. The molecule has 1 saturated carbocycles. The minimum Gasteiger partial charge on any atom is -0.330 e. The van der Waals surface area contributed by atoms with E-state index in [0.29, 0.717) is 5.54 Å². The fourth-order valence-electron chi connectivity index (χ4n) is 3.26. The second kappa shape index (κ2) is 3.49. The summed E-state index contributed by atoms with van der Waals surface area (Å²) in [6.07, 6.45) is 2.61. The molecule has 2 heteroatoms. The molecule has 2 N–H and O–H groups in total. The fourth-order valence-corrected chi connectivity index (χ4v) is 3.26. The van der Waals surface area contributed by atoms with E-state index in [0.717, 1.165) is 24.3 Å². The number of rotatable bonds is 4. The van der Waals surface area contributed by atoms with E-state index in [1.807, 2.05) is 0 Å². The molecule has 0 spiro atoms. The Morgan fingerprint density at radius 3 is 2.29 bits per heavy atom. The standard InChI is InChI=1S/C12H24N2/c1-4-5-12(2,3)14-7-10-9(6-13)11(10)8-14/h9-11H,4-8,13H2,1-3H3. The predicted octanol–water partition coefficient (Wildman–Crippen LogP) is 1.70. The van der Waals surface area contributed by atoms with Gasteiger partial charge in [0.15, 0.2) is 0 Å². The van der Waals surface area contributed by atoms with E-state index in [2.05, 4.69) is 25.7 Å². The Labute approximate surface area is 87.8 Å². The van der Waals surface area contributed by atoms with Crippen molar-refractivity contribution < 1.29 is 0 Å². The van der Waals surface area contributed by atoms with Crippen molar-refractivity contribution >= 4 is 0 Å². The molecule has 1 heterocycles. The number of hydrogen-bond donors (Lipinski definition) is 1. The van der Waals surface area contributed by atoms with E-state index in [1.54, 1.807) is 0 Å². The molecule has 2 rings (SSSR count). The Bertz CT molecular complexity index is 200. The first-order valence-electron chi connectivity index (χ1n) is 6.05. The first-order valence-corrected chi connectivity index (χ1v) is 6.05. The second-order valence-corrected chi connectivity index (χ2v) is 5.69. The molecule has 1 aliphatic carbocycles. The van der Waals surface area contributed by atoms with E-state index < -0.39 is 0 Å². The summed E-state index contributed by atoms with van der Waals surface area (Å²) in [5.41, 5.74) is 6.14. The van der Waals surface area contributed by atoms with E-state index in [1.165, 1.54) is 25.9 Å². The van der Waals surface area contributed by atoms with Gasteiger partial charge in [0, 0.05) is 18.6 Å². The average Bonchev–Trinajstić information content (AvgIpc) is 2.56. The van der Waals surface area contributed by atoms with Crippen LogP contribution in [0.25, 0.3) is 0 Å². The van der Waals surface area contributed by atoms with Crippen LogP contribution >= 0.6 is 0 Å². The first-order chi connectivity index (χ1) is 6.60. The zero-order chi connectivity index (χ0) is 10.3. The Kier molecular flexibility index (Phi) is 2.61. The van der Waals surface area contributed by atoms with Crippen molar-refractivity contribution in [1.29, 1.82) is 0 Å². The summed E-state index contributed by atoms with van der Waals surface area (Å²) in [5.74, 6) is 2.75. The Morgan fingerprint density at radius 1 is 1.29 bits per heavy atom. The van der Waals surface area contributed by atoms with E-state index in [-0.39, 0.29) is 0 Å². The first kappa shape index (κ1) is 10.4. The third-order valence-corrected chi connectivity index (χ3v) is 4.36. The number of fused-ring (bicyclic) bond motifs is 1. The normalized spacial score (nSPS) is 37.3. The Morgan fingerprint density at radius 2 is 1.86 bits per heavy atom. The number of likely N-dealkylation sites (tertiary alicyclic amines) is 1. The van der Waals surface area contributed by atoms with Gasteiger partial charge in [-0.25, -0.2) is 0 Å². The highest BCUT2D eigenvalue weighted by Crippen LogP contribution is 2.52. The SMILES string of the molecule is CCCC(C)(C)N1CC2C(CN)C2C1. The molecule has 82 valence electrons. The van der Waals surface area contributed by atoms with Crippen molar-refractivity contribution in [3.63, 3.8) is 0 Å². The molecule has 2 nitrogen and oxygen atoms in total. The quantitative estimate of drug-likeness (QED) is 0.741. The maximum atomic E-state index is 5.72. The van der Waals surface area contributed by atoms with Gasteiger partial charge in [0.05, 0.1) is 0 Å². The average molecular weight is 196 g/mol. The summed E-state index contributed by atoms with van der Waals surface area (Å²) in [5, 5.41) is 0. The van der Waals surface area contributed by atoms with Gasteiger partial charge in [0.1, 0.15) is 0 Å². The van der Waals surface area contributed by atoms with Crippen molar-refractivity contribution in [2.45, 2.75) is 39.2 Å². The molecule has 0 bridgehead atoms. The Hall–Kier alpha value is -0.0800. The fraction of sp³-hybridized carbons (Fsp3) is 1.00. The molecule has 0 aromatic rings. The van der Waals surface area contributed by atoms with E-state index in [4.69, 9.17) is 5.73 Å². The minimum atomic E-state index is 0.418. The lowest BCUT2D eigenvalue weighted by atomic mass is 9.96. The van der Waals surface area contributed by atoms with Crippen molar-refractivity contribution in [2.75, 3.05) is 19.6 Å². The number of nitrogens with zero attached hydrogens (tertiary/aromatic N) is 1. The van der Waals surface area contributed by atoms with Crippen LogP contribution in [0.5, 0.6) is 0 Å². The molecule has 2 aliphatic rings.